The normalized spacial score (nSPS) is 20.9. The van der Waals surface area contributed by atoms with Gasteiger partial charge in [0.1, 0.15) is 12.4 Å². The lowest BCUT2D eigenvalue weighted by atomic mass is 9.98. The highest BCUT2D eigenvalue weighted by Gasteiger charge is 2.31. The molecule has 2 N–H and O–H groups in total. The number of nitrogens with two attached hydrogens (primary N) is 1. The average Bonchev–Trinajstić information content (AvgIpc) is 3.13. The SMILES string of the molecule is COc1cc(/C=C2\CCCN3C2=NOC[C@@H]3CN)ccc1-n1cnc(C)c1. The molecule has 1 saturated heterocycles. The Balaban J connectivity index is 1.66. The Morgan fingerprint density at radius 3 is 3.04 bits per heavy atom. The molecule has 0 unspecified atom stereocenters. The summed E-state index contributed by atoms with van der Waals surface area (Å²) in [4.78, 5) is 12.0. The number of rotatable bonds is 4. The molecular formula is C20H25N5O2. The van der Waals surface area contributed by atoms with Crippen molar-refractivity contribution in [3.05, 3.63) is 47.6 Å². The molecule has 27 heavy (non-hydrogen) atoms. The summed E-state index contributed by atoms with van der Waals surface area (Å²) in [7, 11) is 1.69. The molecule has 0 spiro atoms. The number of oxime groups is 1. The van der Waals surface area contributed by atoms with E-state index < -0.39 is 0 Å². The van der Waals surface area contributed by atoms with E-state index >= 15 is 0 Å². The average molecular weight is 367 g/mol. The Kier molecular flexibility index (Phi) is 4.85. The number of imidazole rings is 1. The van der Waals surface area contributed by atoms with E-state index in [4.69, 9.17) is 15.3 Å². The van der Waals surface area contributed by atoms with Gasteiger partial charge in [0.25, 0.3) is 0 Å². The topological polar surface area (TPSA) is 77.9 Å². The summed E-state index contributed by atoms with van der Waals surface area (Å²) in [6.07, 6.45) is 8.01. The Morgan fingerprint density at radius 2 is 2.30 bits per heavy atom. The van der Waals surface area contributed by atoms with E-state index in [1.54, 1.807) is 13.4 Å². The van der Waals surface area contributed by atoms with Crippen molar-refractivity contribution < 1.29 is 9.57 Å². The zero-order valence-electron chi connectivity index (χ0n) is 15.8. The predicted octanol–water partition coefficient (Wildman–Crippen LogP) is 2.34. The number of aromatic nitrogens is 2. The number of aryl methyl sites for hydroxylation is 1. The second-order valence-corrected chi connectivity index (χ2v) is 6.92. The van der Waals surface area contributed by atoms with Crippen molar-refractivity contribution in [3.63, 3.8) is 0 Å². The number of amidine groups is 1. The Hall–Kier alpha value is -2.80. The molecule has 0 aliphatic carbocycles. The minimum absolute atomic E-state index is 0.197. The lowest BCUT2D eigenvalue weighted by molar-refractivity contribution is 0.0611. The van der Waals surface area contributed by atoms with Gasteiger partial charge in [0.2, 0.25) is 0 Å². The van der Waals surface area contributed by atoms with E-state index in [9.17, 15) is 0 Å². The highest BCUT2D eigenvalue weighted by Crippen LogP contribution is 2.29. The minimum atomic E-state index is 0.197. The quantitative estimate of drug-likeness (QED) is 0.897. The van der Waals surface area contributed by atoms with Crippen molar-refractivity contribution in [1.29, 1.82) is 0 Å². The molecule has 0 radical (unpaired) electrons. The molecule has 0 amide bonds. The van der Waals surface area contributed by atoms with E-state index in [0.29, 0.717) is 13.2 Å². The van der Waals surface area contributed by atoms with Gasteiger partial charge < -0.3 is 24.8 Å². The third-order valence-corrected chi connectivity index (χ3v) is 5.07. The van der Waals surface area contributed by atoms with Crippen LogP contribution >= 0.6 is 0 Å². The second kappa shape index (κ2) is 7.44. The number of fused-ring (bicyclic) bond motifs is 1. The molecule has 0 bridgehead atoms. The Morgan fingerprint density at radius 1 is 1.41 bits per heavy atom. The Bertz CT molecular complexity index is 886. The standard InChI is InChI=1S/C20H25N5O2/c1-14-11-24(13-22-14)18-6-5-15(9-19(18)26-2)8-16-4-3-7-25-17(10-21)12-27-23-20(16)25/h5-6,8-9,11,13,17H,3-4,7,10,12,21H2,1-2H3/b16-8+/t17-/m0/s1. The number of piperidine rings is 1. The van der Waals surface area contributed by atoms with Crippen molar-refractivity contribution >= 4 is 11.9 Å². The van der Waals surface area contributed by atoms with Crippen LogP contribution in [0.5, 0.6) is 5.75 Å². The van der Waals surface area contributed by atoms with E-state index in [1.807, 2.05) is 23.8 Å². The number of hydrogen-bond acceptors (Lipinski definition) is 6. The lowest BCUT2D eigenvalue weighted by Crippen LogP contribution is -2.52. The zero-order chi connectivity index (χ0) is 18.8. The molecule has 0 saturated carbocycles. The summed E-state index contributed by atoms with van der Waals surface area (Å²) in [5, 5.41) is 4.31. The molecule has 1 fully saturated rings. The van der Waals surface area contributed by atoms with Gasteiger partial charge in [0.05, 0.1) is 30.9 Å². The van der Waals surface area contributed by atoms with Crippen molar-refractivity contribution in [2.24, 2.45) is 10.9 Å². The maximum absolute atomic E-state index is 5.90. The first-order valence-electron chi connectivity index (χ1n) is 9.26. The fourth-order valence-electron chi connectivity index (χ4n) is 3.67. The van der Waals surface area contributed by atoms with E-state index in [0.717, 1.165) is 47.9 Å². The summed E-state index contributed by atoms with van der Waals surface area (Å²) in [6, 6.07) is 6.38. The summed E-state index contributed by atoms with van der Waals surface area (Å²) in [5.41, 5.74) is 10.1. The van der Waals surface area contributed by atoms with Gasteiger partial charge in [-0.05, 0) is 49.1 Å². The third-order valence-electron chi connectivity index (χ3n) is 5.07. The monoisotopic (exact) mass is 367 g/mol. The van der Waals surface area contributed by atoms with Crippen LogP contribution in [-0.4, -0.2) is 53.1 Å². The molecule has 142 valence electrons. The van der Waals surface area contributed by atoms with Crippen molar-refractivity contribution in [3.8, 4) is 11.4 Å². The van der Waals surface area contributed by atoms with E-state index in [1.165, 1.54) is 5.57 Å². The van der Waals surface area contributed by atoms with Crippen LogP contribution in [0, 0.1) is 6.92 Å². The van der Waals surface area contributed by atoms with Crippen LogP contribution in [0.25, 0.3) is 11.8 Å². The number of nitrogens with zero attached hydrogens (tertiary/aromatic N) is 4. The smallest absolute Gasteiger partial charge is 0.171 e. The molecule has 7 nitrogen and oxygen atoms in total. The van der Waals surface area contributed by atoms with Crippen molar-refractivity contribution in [1.82, 2.24) is 14.5 Å². The largest absolute Gasteiger partial charge is 0.495 e. The first-order chi connectivity index (χ1) is 13.2. The van der Waals surface area contributed by atoms with Crippen molar-refractivity contribution in [2.75, 3.05) is 26.8 Å². The van der Waals surface area contributed by atoms with Crippen LogP contribution < -0.4 is 10.5 Å². The zero-order valence-corrected chi connectivity index (χ0v) is 15.8. The maximum Gasteiger partial charge on any atom is 0.171 e. The number of ether oxygens (including phenoxy) is 1. The van der Waals surface area contributed by atoms with Gasteiger partial charge >= 0.3 is 0 Å². The number of hydrogen-bond donors (Lipinski definition) is 1. The highest BCUT2D eigenvalue weighted by atomic mass is 16.6. The first kappa shape index (κ1) is 17.6. The summed E-state index contributed by atoms with van der Waals surface area (Å²) >= 11 is 0. The third kappa shape index (κ3) is 3.42. The van der Waals surface area contributed by atoms with Crippen LogP contribution in [0.3, 0.4) is 0 Å². The van der Waals surface area contributed by atoms with Gasteiger partial charge in [0, 0.05) is 19.3 Å². The minimum Gasteiger partial charge on any atom is -0.495 e. The number of methoxy groups -OCH3 is 1. The van der Waals surface area contributed by atoms with Crippen LogP contribution in [0.2, 0.25) is 0 Å². The van der Waals surface area contributed by atoms with Gasteiger partial charge in [0.15, 0.2) is 5.84 Å². The molecule has 7 heteroatoms. The Labute approximate surface area is 159 Å². The number of benzene rings is 1. The van der Waals surface area contributed by atoms with Crippen LogP contribution in [-0.2, 0) is 4.84 Å². The summed E-state index contributed by atoms with van der Waals surface area (Å²) in [6.45, 7) is 4.07. The van der Waals surface area contributed by atoms with E-state index in [2.05, 4.69) is 33.2 Å². The van der Waals surface area contributed by atoms with Gasteiger partial charge in [-0.15, -0.1) is 0 Å². The van der Waals surface area contributed by atoms with Gasteiger partial charge in [-0.25, -0.2) is 4.98 Å². The van der Waals surface area contributed by atoms with Crippen molar-refractivity contribution in [2.45, 2.75) is 25.8 Å². The van der Waals surface area contributed by atoms with Crippen LogP contribution in [0.4, 0.5) is 0 Å². The molecule has 4 rings (SSSR count). The fraction of sp³-hybridized carbons (Fsp3) is 0.400. The maximum atomic E-state index is 5.90. The molecule has 2 aromatic rings. The summed E-state index contributed by atoms with van der Waals surface area (Å²) < 4.78 is 7.59. The van der Waals surface area contributed by atoms with Gasteiger partial charge in [-0.2, -0.15) is 0 Å². The van der Waals surface area contributed by atoms with Gasteiger partial charge in [-0.3, -0.25) is 0 Å². The molecular weight excluding hydrogens is 342 g/mol. The molecule has 1 atom stereocenters. The molecule has 1 aromatic heterocycles. The van der Waals surface area contributed by atoms with Crippen LogP contribution in [0.15, 0.2) is 41.5 Å². The molecule has 1 aromatic carbocycles. The van der Waals surface area contributed by atoms with Crippen LogP contribution in [0.1, 0.15) is 24.1 Å². The second-order valence-electron chi connectivity index (χ2n) is 6.92. The first-order valence-corrected chi connectivity index (χ1v) is 9.26. The fourth-order valence-corrected chi connectivity index (χ4v) is 3.67. The molecule has 3 heterocycles. The predicted molar refractivity (Wildman–Crippen MR) is 105 cm³/mol. The molecule has 2 aliphatic heterocycles. The summed E-state index contributed by atoms with van der Waals surface area (Å²) in [5.74, 6) is 1.72. The lowest BCUT2D eigenvalue weighted by Gasteiger charge is -2.39. The van der Waals surface area contributed by atoms with E-state index in [-0.39, 0.29) is 6.04 Å². The molecule has 2 aliphatic rings. The highest BCUT2D eigenvalue weighted by molar-refractivity contribution is 6.02. The van der Waals surface area contributed by atoms with Gasteiger partial charge in [-0.1, -0.05) is 11.2 Å².